The van der Waals surface area contributed by atoms with Crippen molar-refractivity contribution in [2.75, 3.05) is 11.9 Å². The number of pyridine rings is 1. The van der Waals surface area contributed by atoms with E-state index >= 15 is 0 Å². The number of aromatic amines is 1. The molecule has 8 nitrogen and oxygen atoms in total. The monoisotopic (exact) mass is 468 g/mol. The molecule has 2 aliphatic rings. The summed E-state index contributed by atoms with van der Waals surface area (Å²) >= 11 is 0. The summed E-state index contributed by atoms with van der Waals surface area (Å²) in [4.78, 5) is 17.4. The van der Waals surface area contributed by atoms with Crippen LogP contribution in [0.5, 0.6) is 0 Å². The predicted molar refractivity (Wildman–Crippen MR) is 132 cm³/mol. The van der Waals surface area contributed by atoms with Crippen LogP contribution in [-0.4, -0.2) is 42.1 Å². The molecular weight excluding hydrogens is 443 g/mol. The first-order chi connectivity index (χ1) is 17.2. The zero-order chi connectivity index (χ0) is 23.4. The molecule has 1 aliphatic carbocycles. The SMILES string of the molecule is Fc1cc(-c2nc(NC3CCc4[nH]c5ccccc5c4C3)n3nccc3n2)cnc1[C@H]1CCCN1. The molecule has 0 saturated carbocycles. The number of nitrogens with one attached hydrogen (secondary N) is 3. The van der Waals surface area contributed by atoms with Gasteiger partial charge in [0.05, 0.1) is 17.9 Å². The lowest BCUT2D eigenvalue weighted by atomic mass is 9.91. The van der Waals surface area contributed by atoms with Crippen molar-refractivity contribution in [1.82, 2.24) is 34.9 Å². The van der Waals surface area contributed by atoms with Crippen molar-refractivity contribution in [3.05, 3.63) is 71.6 Å². The molecule has 0 amide bonds. The standard InChI is InChI=1S/C26H25FN8/c27-19-12-15(14-29-24(19)22-6-3-10-28-22)25-33-23-9-11-30-35(23)26(34-25)31-16-7-8-21-18(13-16)17-4-1-2-5-20(17)32-21/h1-2,4-5,9,11-12,14,16,22,28,32H,3,6-8,10,13H2,(H,31,33,34)/t16?,22-/m1/s1. The number of hydrogen-bond acceptors (Lipinski definition) is 6. The Hall–Kier alpha value is -3.85. The minimum atomic E-state index is -0.326. The number of benzene rings is 1. The van der Waals surface area contributed by atoms with E-state index in [4.69, 9.17) is 4.98 Å². The number of para-hydroxylation sites is 1. The summed E-state index contributed by atoms with van der Waals surface area (Å²) in [5.41, 5.74) is 5.53. The highest BCUT2D eigenvalue weighted by Crippen LogP contribution is 2.31. The van der Waals surface area contributed by atoms with Crippen LogP contribution < -0.4 is 10.6 Å². The van der Waals surface area contributed by atoms with Crippen LogP contribution >= 0.6 is 0 Å². The van der Waals surface area contributed by atoms with E-state index in [1.165, 1.54) is 28.2 Å². The maximum absolute atomic E-state index is 15.0. The Morgan fingerprint density at radius 1 is 1.11 bits per heavy atom. The molecule has 2 atom stereocenters. The average Bonchev–Trinajstić information content (AvgIpc) is 3.63. The summed E-state index contributed by atoms with van der Waals surface area (Å²) in [6, 6.07) is 11.9. The number of rotatable bonds is 4. The normalized spacial score (nSPS) is 19.9. The second-order valence-electron chi connectivity index (χ2n) is 9.42. The van der Waals surface area contributed by atoms with E-state index in [-0.39, 0.29) is 17.9 Å². The lowest BCUT2D eigenvalue weighted by Gasteiger charge is -2.24. The maximum Gasteiger partial charge on any atom is 0.228 e. The number of anilines is 1. The molecule has 1 aliphatic heterocycles. The molecule has 0 radical (unpaired) electrons. The second kappa shape index (κ2) is 8.13. The highest BCUT2D eigenvalue weighted by atomic mass is 19.1. The number of fused-ring (bicyclic) bond motifs is 4. The van der Waals surface area contributed by atoms with Crippen molar-refractivity contribution in [3.63, 3.8) is 0 Å². The van der Waals surface area contributed by atoms with Crippen molar-refractivity contribution < 1.29 is 4.39 Å². The van der Waals surface area contributed by atoms with E-state index in [1.54, 1.807) is 16.9 Å². The fourth-order valence-electron chi connectivity index (χ4n) is 5.47. The molecule has 5 aromatic rings. The summed E-state index contributed by atoms with van der Waals surface area (Å²) < 4.78 is 16.7. The van der Waals surface area contributed by atoms with Gasteiger partial charge in [0.25, 0.3) is 0 Å². The summed E-state index contributed by atoms with van der Waals surface area (Å²) in [5.74, 6) is 0.708. The van der Waals surface area contributed by atoms with Gasteiger partial charge in [-0.2, -0.15) is 14.6 Å². The van der Waals surface area contributed by atoms with Crippen molar-refractivity contribution in [1.29, 1.82) is 0 Å². The van der Waals surface area contributed by atoms with Gasteiger partial charge in [-0.1, -0.05) is 18.2 Å². The Kier molecular flexibility index (Phi) is 4.76. The third-order valence-corrected chi connectivity index (χ3v) is 7.20. The molecule has 1 aromatic carbocycles. The molecule has 7 rings (SSSR count). The molecule has 0 spiro atoms. The third-order valence-electron chi connectivity index (χ3n) is 7.20. The summed E-state index contributed by atoms with van der Waals surface area (Å²) in [7, 11) is 0. The van der Waals surface area contributed by atoms with Crippen molar-refractivity contribution in [3.8, 4) is 11.4 Å². The number of aryl methyl sites for hydroxylation is 1. The van der Waals surface area contributed by atoms with Gasteiger partial charge in [0.2, 0.25) is 5.95 Å². The number of H-pyrrole nitrogens is 1. The molecule has 176 valence electrons. The molecule has 1 fully saturated rings. The summed E-state index contributed by atoms with van der Waals surface area (Å²) in [6.07, 6.45) is 8.13. The molecule has 1 unspecified atom stereocenters. The van der Waals surface area contributed by atoms with Crippen LogP contribution in [0, 0.1) is 5.82 Å². The number of halogens is 1. The Morgan fingerprint density at radius 2 is 2.06 bits per heavy atom. The van der Waals surface area contributed by atoms with E-state index in [9.17, 15) is 4.39 Å². The van der Waals surface area contributed by atoms with Gasteiger partial charge in [0.15, 0.2) is 11.5 Å². The lowest BCUT2D eigenvalue weighted by molar-refractivity contribution is 0.541. The topological polar surface area (TPSA) is 95.8 Å². The van der Waals surface area contributed by atoms with E-state index in [1.807, 2.05) is 6.07 Å². The van der Waals surface area contributed by atoms with Crippen LogP contribution in [0.15, 0.2) is 48.8 Å². The van der Waals surface area contributed by atoms with E-state index < -0.39 is 0 Å². The zero-order valence-electron chi connectivity index (χ0n) is 19.1. The Balaban J connectivity index is 1.21. The number of nitrogens with zero attached hydrogens (tertiary/aromatic N) is 5. The van der Waals surface area contributed by atoms with Gasteiger partial charge in [-0.25, -0.2) is 9.37 Å². The Bertz CT molecular complexity index is 1550. The fraction of sp³-hybridized carbons (Fsp3) is 0.308. The van der Waals surface area contributed by atoms with Gasteiger partial charge in [0, 0.05) is 40.5 Å². The van der Waals surface area contributed by atoms with Crippen molar-refractivity contribution in [2.45, 2.75) is 44.2 Å². The van der Waals surface area contributed by atoms with E-state index in [2.05, 4.69) is 54.9 Å². The van der Waals surface area contributed by atoms with Crippen LogP contribution in [-0.2, 0) is 12.8 Å². The molecule has 35 heavy (non-hydrogen) atoms. The molecule has 5 heterocycles. The van der Waals surface area contributed by atoms with Gasteiger partial charge >= 0.3 is 0 Å². The van der Waals surface area contributed by atoms with Crippen LogP contribution in [0.2, 0.25) is 0 Å². The second-order valence-corrected chi connectivity index (χ2v) is 9.42. The molecular formula is C26H25FN8. The first-order valence-electron chi connectivity index (χ1n) is 12.2. The van der Waals surface area contributed by atoms with Crippen molar-refractivity contribution in [2.24, 2.45) is 0 Å². The largest absolute Gasteiger partial charge is 0.358 e. The minimum absolute atomic E-state index is 0.0276. The van der Waals surface area contributed by atoms with Crippen LogP contribution in [0.4, 0.5) is 10.3 Å². The van der Waals surface area contributed by atoms with Gasteiger partial charge in [-0.15, -0.1) is 0 Å². The first kappa shape index (κ1) is 20.5. The maximum atomic E-state index is 15.0. The highest BCUT2D eigenvalue weighted by molar-refractivity contribution is 5.85. The Morgan fingerprint density at radius 3 is 2.94 bits per heavy atom. The average molecular weight is 469 g/mol. The van der Waals surface area contributed by atoms with Crippen LogP contribution in [0.1, 0.15) is 42.3 Å². The molecule has 3 N–H and O–H groups in total. The highest BCUT2D eigenvalue weighted by Gasteiger charge is 2.25. The quantitative estimate of drug-likeness (QED) is 0.366. The van der Waals surface area contributed by atoms with Gasteiger partial charge in [-0.3, -0.25) is 4.98 Å². The predicted octanol–water partition coefficient (Wildman–Crippen LogP) is 4.20. The fourth-order valence-corrected chi connectivity index (χ4v) is 5.47. The van der Waals surface area contributed by atoms with Crippen molar-refractivity contribution >= 4 is 22.5 Å². The van der Waals surface area contributed by atoms with Gasteiger partial charge in [0.1, 0.15) is 5.82 Å². The zero-order valence-corrected chi connectivity index (χ0v) is 19.1. The molecule has 1 saturated heterocycles. The lowest BCUT2D eigenvalue weighted by Crippen LogP contribution is -2.29. The van der Waals surface area contributed by atoms with Crippen LogP contribution in [0.3, 0.4) is 0 Å². The number of aromatic nitrogens is 6. The Labute approximate surface area is 201 Å². The molecule has 0 bridgehead atoms. The van der Waals surface area contributed by atoms with Gasteiger partial charge < -0.3 is 15.6 Å². The van der Waals surface area contributed by atoms with E-state index in [0.717, 1.165) is 38.6 Å². The minimum Gasteiger partial charge on any atom is -0.358 e. The smallest absolute Gasteiger partial charge is 0.228 e. The molecule has 4 aromatic heterocycles. The van der Waals surface area contributed by atoms with Crippen LogP contribution in [0.25, 0.3) is 27.9 Å². The summed E-state index contributed by atoms with van der Waals surface area (Å²) in [6.45, 7) is 0.894. The van der Waals surface area contributed by atoms with E-state index in [0.29, 0.717) is 28.7 Å². The first-order valence-corrected chi connectivity index (χ1v) is 12.2. The summed E-state index contributed by atoms with van der Waals surface area (Å²) in [5, 5.41) is 12.6. The van der Waals surface area contributed by atoms with Gasteiger partial charge in [-0.05, 0) is 56.3 Å². The third kappa shape index (κ3) is 3.54. The number of hydrogen-bond donors (Lipinski definition) is 3. The molecule has 9 heteroatoms.